The lowest BCUT2D eigenvalue weighted by atomic mass is 10.1. The predicted molar refractivity (Wildman–Crippen MR) is 84.0 cm³/mol. The van der Waals surface area contributed by atoms with Crippen molar-refractivity contribution < 1.29 is 14.6 Å². The van der Waals surface area contributed by atoms with Crippen LogP contribution in [-0.4, -0.2) is 31.0 Å². The summed E-state index contributed by atoms with van der Waals surface area (Å²) < 4.78 is 12.0. The molecule has 0 amide bonds. The second kappa shape index (κ2) is 9.34. The summed E-state index contributed by atoms with van der Waals surface area (Å²) in [4.78, 5) is 0. The van der Waals surface area contributed by atoms with Gasteiger partial charge < -0.3 is 20.3 Å². The summed E-state index contributed by atoms with van der Waals surface area (Å²) in [5.74, 6) is 0.753. The van der Waals surface area contributed by atoms with Crippen LogP contribution < -0.4 is 10.5 Å². The van der Waals surface area contributed by atoms with E-state index in [4.69, 9.17) is 15.2 Å². The monoisotopic (exact) mass is 345 g/mol. The highest BCUT2D eigenvalue weighted by Gasteiger charge is 2.11. The Morgan fingerprint density at radius 1 is 1.35 bits per heavy atom. The third-order valence-corrected chi connectivity index (χ3v) is 3.37. The normalized spacial score (nSPS) is 12.4. The van der Waals surface area contributed by atoms with Crippen molar-refractivity contribution in [1.29, 1.82) is 0 Å². The standard InChI is InChI=1S/C15H24BrNO3/c1-3-4-5-19-9-14(18)10-20-15-11(2)6-13(16)7-12(15)8-17/h6-7,14,18H,3-5,8-10,17H2,1-2H3. The van der Waals surface area contributed by atoms with Gasteiger partial charge in [0.05, 0.1) is 6.61 Å². The lowest BCUT2D eigenvalue weighted by Crippen LogP contribution is -2.24. The number of benzene rings is 1. The molecule has 4 nitrogen and oxygen atoms in total. The Labute approximate surface area is 129 Å². The quantitative estimate of drug-likeness (QED) is 0.675. The molecule has 0 fully saturated rings. The number of nitrogens with two attached hydrogens (primary N) is 1. The molecule has 1 aromatic rings. The van der Waals surface area contributed by atoms with Gasteiger partial charge in [-0.05, 0) is 31.0 Å². The number of rotatable bonds is 9. The highest BCUT2D eigenvalue weighted by Crippen LogP contribution is 2.27. The van der Waals surface area contributed by atoms with Gasteiger partial charge in [-0.3, -0.25) is 0 Å². The molecule has 3 N–H and O–H groups in total. The fourth-order valence-corrected chi connectivity index (χ4v) is 2.47. The van der Waals surface area contributed by atoms with Gasteiger partial charge in [-0.25, -0.2) is 0 Å². The molecule has 0 heterocycles. The zero-order valence-corrected chi connectivity index (χ0v) is 13.8. The Hall–Kier alpha value is -0.620. The third-order valence-electron chi connectivity index (χ3n) is 2.91. The van der Waals surface area contributed by atoms with Crippen molar-refractivity contribution in [2.45, 2.75) is 39.3 Å². The van der Waals surface area contributed by atoms with E-state index in [0.29, 0.717) is 19.8 Å². The summed E-state index contributed by atoms with van der Waals surface area (Å²) in [6.07, 6.45) is 1.47. The van der Waals surface area contributed by atoms with Crippen LogP contribution in [-0.2, 0) is 11.3 Å². The summed E-state index contributed by atoms with van der Waals surface area (Å²) in [7, 11) is 0. The fraction of sp³-hybridized carbons (Fsp3) is 0.600. The molecule has 20 heavy (non-hydrogen) atoms. The summed E-state index contributed by atoms with van der Waals surface area (Å²) in [6, 6.07) is 3.91. The Bertz CT molecular complexity index is 412. The molecule has 0 saturated carbocycles. The highest BCUT2D eigenvalue weighted by molar-refractivity contribution is 9.10. The molecule has 0 aliphatic rings. The number of ether oxygens (including phenoxy) is 2. The van der Waals surface area contributed by atoms with E-state index >= 15 is 0 Å². The lowest BCUT2D eigenvalue weighted by molar-refractivity contribution is 0.0110. The van der Waals surface area contributed by atoms with Crippen molar-refractivity contribution in [3.8, 4) is 5.75 Å². The SMILES string of the molecule is CCCCOCC(O)COc1c(C)cc(Br)cc1CN. The molecule has 5 heteroatoms. The number of unbranched alkanes of at least 4 members (excludes halogenated alkanes) is 1. The molecular formula is C15H24BrNO3. The summed E-state index contributed by atoms with van der Waals surface area (Å²) >= 11 is 3.44. The minimum atomic E-state index is -0.625. The van der Waals surface area contributed by atoms with E-state index in [-0.39, 0.29) is 6.61 Å². The van der Waals surface area contributed by atoms with Crippen LogP contribution >= 0.6 is 15.9 Å². The van der Waals surface area contributed by atoms with Gasteiger partial charge in [-0.2, -0.15) is 0 Å². The Morgan fingerprint density at radius 2 is 2.10 bits per heavy atom. The van der Waals surface area contributed by atoms with Crippen LogP contribution in [0, 0.1) is 6.92 Å². The number of aliphatic hydroxyl groups excluding tert-OH is 1. The number of hydrogen-bond acceptors (Lipinski definition) is 4. The Balaban J connectivity index is 2.48. The second-order valence-corrected chi connectivity index (χ2v) is 5.72. The van der Waals surface area contributed by atoms with E-state index in [2.05, 4.69) is 22.9 Å². The molecule has 0 radical (unpaired) electrons. The van der Waals surface area contributed by atoms with E-state index in [0.717, 1.165) is 34.2 Å². The number of aliphatic hydroxyl groups is 1. The van der Waals surface area contributed by atoms with Crippen LogP contribution in [0.4, 0.5) is 0 Å². The van der Waals surface area contributed by atoms with Crippen LogP contribution in [0.25, 0.3) is 0 Å². The van der Waals surface area contributed by atoms with E-state index in [1.54, 1.807) is 0 Å². The van der Waals surface area contributed by atoms with Crippen molar-refractivity contribution in [3.05, 3.63) is 27.7 Å². The van der Waals surface area contributed by atoms with Crippen LogP contribution in [0.5, 0.6) is 5.75 Å². The third kappa shape index (κ3) is 5.79. The first-order valence-electron chi connectivity index (χ1n) is 6.96. The van der Waals surface area contributed by atoms with Crippen LogP contribution in [0.1, 0.15) is 30.9 Å². The predicted octanol–water partition coefficient (Wildman–Crippen LogP) is 2.77. The topological polar surface area (TPSA) is 64.7 Å². The largest absolute Gasteiger partial charge is 0.490 e. The molecule has 1 aromatic carbocycles. The summed E-state index contributed by atoms with van der Waals surface area (Å²) in [6.45, 7) is 5.66. The van der Waals surface area contributed by atoms with Crippen molar-refractivity contribution in [2.24, 2.45) is 5.73 Å². The first-order valence-corrected chi connectivity index (χ1v) is 7.75. The highest BCUT2D eigenvalue weighted by atomic mass is 79.9. The fourth-order valence-electron chi connectivity index (χ4n) is 1.85. The lowest BCUT2D eigenvalue weighted by Gasteiger charge is -2.17. The van der Waals surface area contributed by atoms with Crippen LogP contribution in [0.15, 0.2) is 16.6 Å². The number of halogens is 1. The molecule has 0 aliphatic carbocycles. The van der Waals surface area contributed by atoms with Crippen LogP contribution in [0.2, 0.25) is 0 Å². The first-order chi connectivity index (χ1) is 9.58. The van der Waals surface area contributed by atoms with E-state index in [1.165, 1.54) is 0 Å². The minimum absolute atomic E-state index is 0.210. The summed E-state index contributed by atoms with van der Waals surface area (Å²) in [5, 5.41) is 9.83. The van der Waals surface area contributed by atoms with Gasteiger partial charge in [-0.1, -0.05) is 29.3 Å². The van der Waals surface area contributed by atoms with Gasteiger partial charge in [0.25, 0.3) is 0 Å². The first kappa shape index (κ1) is 17.4. The van der Waals surface area contributed by atoms with Crippen molar-refractivity contribution >= 4 is 15.9 Å². The maximum absolute atomic E-state index is 9.83. The average molecular weight is 346 g/mol. The average Bonchev–Trinajstić information content (AvgIpc) is 2.41. The van der Waals surface area contributed by atoms with Gasteiger partial charge in [-0.15, -0.1) is 0 Å². The molecular weight excluding hydrogens is 322 g/mol. The van der Waals surface area contributed by atoms with Crippen LogP contribution in [0.3, 0.4) is 0 Å². The van der Waals surface area contributed by atoms with E-state index in [1.807, 2.05) is 19.1 Å². The molecule has 0 bridgehead atoms. The molecule has 1 rings (SSSR count). The smallest absolute Gasteiger partial charge is 0.126 e. The van der Waals surface area contributed by atoms with Gasteiger partial charge in [0, 0.05) is 23.2 Å². The zero-order chi connectivity index (χ0) is 15.0. The van der Waals surface area contributed by atoms with Gasteiger partial charge in [0.1, 0.15) is 18.5 Å². The van der Waals surface area contributed by atoms with Crippen molar-refractivity contribution in [1.82, 2.24) is 0 Å². The molecule has 0 spiro atoms. The van der Waals surface area contributed by atoms with Gasteiger partial charge in [0.15, 0.2) is 0 Å². The molecule has 1 unspecified atom stereocenters. The number of aryl methyl sites for hydroxylation is 1. The van der Waals surface area contributed by atoms with Crippen molar-refractivity contribution in [3.63, 3.8) is 0 Å². The molecule has 0 aliphatic heterocycles. The van der Waals surface area contributed by atoms with Gasteiger partial charge in [0.2, 0.25) is 0 Å². The maximum Gasteiger partial charge on any atom is 0.126 e. The summed E-state index contributed by atoms with van der Waals surface area (Å²) in [5.41, 5.74) is 7.65. The van der Waals surface area contributed by atoms with E-state index in [9.17, 15) is 5.11 Å². The maximum atomic E-state index is 9.83. The Morgan fingerprint density at radius 3 is 2.75 bits per heavy atom. The Kier molecular flexibility index (Phi) is 8.14. The second-order valence-electron chi connectivity index (χ2n) is 4.81. The zero-order valence-electron chi connectivity index (χ0n) is 12.2. The van der Waals surface area contributed by atoms with Crippen molar-refractivity contribution in [2.75, 3.05) is 19.8 Å². The molecule has 114 valence electrons. The number of hydrogen-bond donors (Lipinski definition) is 2. The minimum Gasteiger partial charge on any atom is -0.490 e. The molecule has 1 atom stereocenters. The van der Waals surface area contributed by atoms with E-state index < -0.39 is 6.10 Å². The molecule has 0 saturated heterocycles. The van der Waals surface area contributed by atoms with Gasteiger partial charge >= 0.3 is 0 Å². The molecule has 0 aromatic heterocycles.